The minimum Gasteiger partial charge on any atom is -0.497 e. The number of thiazole rings is 1. The van der Waals surface area contributed by atoms with E-state index in [1.807, 2.05) is 0 Å². The average molecular weight is 277 g/mol. The molecule has 0 atom stereocenters. The molecule has 0 saturated carbocycles. The zero-order valence-electron chi connectivity index (χ0n) is 10.0. The van der Waals surface area contributed by atoms with Crippen molar-refractivity contribution in [1.29, 1.82) is 0 Å². The number of carbonyl (C=O) groups excluding carboxylic acids is 2. The van der Waals surface area contributed by atoms with E-state index < -0.39 is 5.91 Å². The molecule has 0 radical (unpaired) electrons. The lowest BCUT2D eigenvalue weighted by Crippen LogP contribution is -2.11. The number of methoxy groups -OCH3 is 1. The molecule has 0 aliphatic heterocycles. The highest BCUT2D eigenvalue weighted by atomic mass is 32.1. The molecule has 1 aromatic carbocycles. The zero-order valence-corrected chi connectivity index (χ0v) is 10.9. The Balaban J connectivity index is 2.13. The van der Waals surface area contributed by atoms with Gasteiger partial charge in [0.25, 0.3) is 11.8 Å². The number of hydrogen-bond acceptors (Lipinski definition) is 5. The molecule has 2 amide bonds. The summed E-state index contributed by atoms with van der Waals surface area (Å²) in [6.45, 7) is 0. The SMILES string of the molecule is COc1cccc(C(=O)Nc2ncc(C(N)=O)s2)c1. The third kappa shape index (κ3) is 3.08. The molecule has 98 valence electrons. The van der Waals surface area contributed by atoms with Crippen molar-refractivity contribution in [3.8, 4) is 5.75 Å². The molecule has 0 spiro atoms. The van der Waals surface area contributed by atoms with Crippen LogP contribution in [0.3, 0.4) is 0 Å². The fraction of sp³-hybridized carbons (Fsp3) is 0.0833. The van der Waals surface area contributed by atoms with E-state index in [1.165, 1.54) is 13.3 Å². The molecule has 19 heavy (non-hydrogen) atoms. The van der Waals surface area contributed by atoms with Crippen LogP contribution in [-0.2, 0) is 0 Å². The number of aromatic nitrogens is 1. The summed E-state index contributed by atoms with van der Waals surface area (Å²) in [5, 5.41) is 2.91. The van der Waals surface area contributed by atoms with Gasteiger partial charge in [-0.3, -0.25) is 14.9 Å². The second kappa shape index (κ2) is 5.49. The number of nitrogens with one attached hydrogen (secondary N) is 1. The van der Waals surface area contributed by atoms with Crippen molar-refractivity contribution < 1.29 is 14.3 Å². The summed E-state index contributed by atoms with van der Waals surface area (Å²) in [6, 6.07) is 6.72. The van der Waals surface area contributed by atoms with Crippen LogP contribution in [0.1, 0.15) is 20.0 Å². The molecule has 2 aromatic rings. The second-order valence-electron chi connectivity index (χ2n) is 3.58. The maximum Gasteiger partial charge on any atom is 0.260 e. The van der Waals surface area contributed by atoms with E-state index in [2.05, 4.69) is 10.3 Å². The Hall–Kier alpha value is -2.41. The fourth-order valence-corrected chi connectivity index (χ4v) is 2.04. The summed E-state index contributed by atoms with van der Waals surface area (Å²) >= 11 is 1.03. The van der Waals surface area contributed by atoms with Gasteiger partial charge in [0.1, 0.15) is 10.6 Å². The van der Waals surface area contributed by atoms with Crippen molar-refractivity contribution >= 4 is 28.3 Å². The second-order valence-corrected chi connectivity index (χ2v) is 4.61. The van der Waals surface area contributed by atoms with E-state index in [0.29, 0.717) is 21.3 Å². The summed E-state index contributed by atoms with van der Waals surface area (Å²) in [6.07, 6.45) is 1.33. The lowest BCUT2D eigenvalue weighted by Gasteiger charge is -2.03. The molecule has 0 bridgehead atoms. The van der Waals surface area contributed by atoms with Crippen LogP contribution in [0.2, 0.25) is 0 Å². The Morgan fingerprint density at radius 3 is 2.84 bits per heavy atom. The molecule has 3 N–H and O–H groups in total. The maximum atomic E-state index is 11.9. The number of carbonyl (C=O) groups is 2. The quantitative estimate of drug-likeness (QED) is 0.885. The van der Waals surface area contributed by atoms with Crippen molar-refractivity contribution in [3.63, 3.8) is 0 Å². The Morgan fingerprint density at radius 1 is 1.42 bits per heavy atom. The Labute approximate surface area is 113 Å². The standard InChI is InChI=1S/C12H11N3O3S/c1-18-8-4-2-3-7(5-8)11(17)15-12-14-6-9(19-12)10(13)16/h2-6H,1H3,(H2,13,16)(H,14,15,17). The van der Waals surface area contributed by atoms with E-state index in [1.54, 1.807) is 24.3 Å². The van der Waals surface area contributed by atoms with Gasteiger partial charge in [0, 0.05) is 5.56 Å². The zero-order chi connectivity index (χ0) is 13.8. The van der Waals surface area contributed by atoms with Gasteiger partial charge in [-0.25, -0.2) is 4.98 Å². The lowest BCUT2D eigenvalue weighted by atomic mass is 10.2. The number of nitrogens with two attached hydrogens (primary N) is 1. The molecule has 0 aliphatic carbocycles. The molecule has 0 aliphatic rings. The first kappa shape index (κ1) is 13.0. The van der Waals surface area contributed by atoms with Crippen molar-refractivity contribution in [2.45, 2.75) is 0 Å². The van der Waals surface area contributed by atoms with Gasteiger partial charge >= 0.3 is 0 Å². The Bertz CT molecular complexity index is 624. The van der Waals surface area contributed by atoms with Crippen LogP contribution >= 0.6 is 11.3 Å². The van der Waals surface area contributed by atoms with E-state index in [-0.39, 0.29) is 5.91 Å². The summed E-state index contributed by atoms with van der Waals surface area (Å²) in [4.78, 5) is 27.1. The number of primary amides is 1. The van der Waals surface area contributed by atoms with Crippen LogP contribution in [-0.4, -0.2) is 23.9 Å². The normalized spacial score (nSPS) is 9.95. The lowest BCUT2D eigenvalue weighted by molar-refractivity contribution is 0.100. The van der Waals surface area contributed by atoms with E-state index in [4.69, 9.17) is 10.5 Å². The van der Waals surface area contributed by atoms with Crippen molar-refractivity contribution in [1.82, 2.24) is 4.98 Å². The van der Waals surface area contributed by atoms with Crippen molar-refractivity contribution in [2.75, 3.05) is 12.4 Å². The van der Waals surface area contributed by atoms with E-state index in [9.17, 15) is 9.59 Å². The molecule has 0 unspecified atom stereocenters. The van der Waals surface area contributed by atoms with Gasteiger partial charge in [-0.2, -0.15) is 0 Å². The van der Waals surface area contributed by atoms with Gasteiger partial charge in [-0.05, 0) is 18.2 Å². The predicted molar refractivity (Wildman–Crippen MR) is 71.6 cm³/mol. The molecular weight excluding hydrogens is 266 g/mol. The Morgan fingerprint density at radius 2 is 2.21 bits per heavy atom. The molecule has 6 nitrogen and oxygen atoms in total. The van der Waals surface area contributed by atoms with Crippen molar-refractivity contribution in [3.05, 3.63) is 40.9 Å². The third-order valence-corrected chi connectivity index (χ3v) is 3.23. The van der Waals surface area contributed by atoms with Crippen LogP contribution in [0.5, 0.6) is 5.75 Å². The van der Waals surface area contributed by atoms with Gasteiger partial charge in [0.15, 0.2) is 5.13 Å². The van der Waals surface area contributed by atoms with Crippen LogP contribution < -0.4 is 15.8 Å². The highest BCUT2D eigenvalue weighted by Gasteiger charge is 2.11. The average Bonchev–Trinajstić information content (AvgIpc) is 2.87. The number of anilines is 1. The van der Waals surface area contributed by atoms with Crippen LogP contribution in [0.25, 0.3) is 0 Å². The van der Waals surface area contributed by atoms with Crippen LogP contribution in [0.4, 0.5) is 5.13 Å². The van der Waals surface area contributed by atoms with Gasteiger partial charge in [0.2, 0.25) is 0 Å². The van der Waals surface area contributed by atoms with Gasteiger partial charge in [-0.15, -0.1) is 0 Å². The molecule has 0 fully saturated rings. The minimum absolute atomic E-state index is 0.293. The first-order chi connectivity index (χ1) is 9.10. The molecule has 2 rings (SSSR count). The minimum atomic E-state index is -0.570. The number of amides is 2. The largest absolute Gasteiger partial charge is 0.497 e. The molecule has 0 saturated heterocycles. The van der Waals surface area contributed by atoms with Crippen molar-refractivity contribution in [2.24, 2.45) is 5.73 Å². The highest BCUT2D eigenvalue weighted by Crippen LogP contribution is 2.19. The molecule has 1 aromatic heterocycles. The monoisotopic (exact) mass is 277 g/mol. The van der Waals surface area contributed by atoms with Gasteiger partial charge < -0.3 is 10.5 Å². The van der Waals surface area contributed by atoms with Crippen LogP contribution in [0, 0.1) is 0 Å². The Kier molecular flexibility index (Phi) is 3.76. The molecule has 7 heteroatoms. The first-order valence-electron chi connectivity index (χ1n) is 5.31. The van der Waals surface area contributed by atoms with Gasteiger partial charge in [-0.1, -0.05) is 17.4 Å². The van der Waals surface area contributed by atoms with Gasteiger partial charge in [0.05, 0.1) is 13.3 Å². The fourth-order valence-electron chi connectivity index (χ4n) is 1.38. The van der Waals surface area contributed by atoms with Crippen LogP contribution in [0.15, 0.2) is 30.5 Å². The summed E-state index contributed by atoms with van der Waals surface area (Å²) in [5.74, 6) is -0.312. The summed E-state index contributed by atoms with van der Waals surface area (Å²) < 4.78 is 5.04. The van der Waals surface area contributed by atoms with E-state index >= 15 is 0 Å². The molecular formula is C12H11N3O3S. The topological polar surface area (TPSA) is 94.3 Å². The smallest absolute Gasteiger partial charge is 0.260 e. The number of benzene rings is 1. The number of nitrogens with zero attached hydrogens (tertiary/aromatic N) is 1. The maximum absolute atomic E-state index is 11.9. The summed E-state index contributed by atoms with van der Waals surface area (Å²) in [5.41, 5.74) is 5.55. The van der Waals surface area contributed by atoms with E-state index in [0.717, 1.165) is 11.3 Å². The molecule has 1 heterocycles. The summed E-state index contributed by atoms with van der Waals surface area (Å²) in [7, 11) is 1.52. The number of ether oxygens (including phenoxy) is 1. The number of rotatable bonds is 4. The predicted octanol–water partition coefficient (Wildman–Crippen LogP) is 1.50. The first-order valence-corrected chi connectivity index (χ1v) is 6.13. The third-order valence-electron chi connectivity index (χ3n) is 2.30. The highest BCUT2D eigenvalue weighted by molar-refractivity contribution is 7.17. The number of hydrogen-bond donors (Lipinski definition) is 2.